The Kier molecular flexibility index (Phi) is 7.25. The van der Waals surface area contributed by atoms with Crippen LogP contribution in [0.2, 0.25) is 0 Å². The molecule has 1 unspecified atom stereocenters. The molecule has 1 heterocycles. The Morgan fingerprint density at radius 1 is 1.02 bits per heavy atom. The third-order valence-corrected chi connectivity index (χ3v) is 9.04. The van der Waals surface area contributed by atoms with Crippen LogP contribution in [0.1, 0.15) is 42.5 Å². The molecule has 2 aromatic carbocycles. The number of fused-ring (bicyclic) bond motifs is 1. The number of nitrogens with zero attached hydrogens (tertiary/aromatic N) is 1. The number of carbonyl (C=O) groups is 2. The molecule has 2 aromatic rings. The van der Waals surface area contributed by atoms with E-state index in [-0.39, 0.29) is 28.4 Å². The molecule has 0 saturated heterocycles. The molecule has 2 aliphatic rings. The Balaban J connectivity index is 1.67. The van der Waals surface area contributed by atoms with Crippen LogP contribution in [-0.2, 0) is 31.6 Å². The fraction of sp³-hybridized carbons (Fsp3) is 0.440. The quantitative estimate of drug-likeness (QED) is 0.421. The fourth-order valence-corrected chi connectivity index (χ4v) is 5.58. The van der Waals surface area contributed by atoms with Gasteiger partial charge in [0.1, 0.15) is 6.04 Å². The molecule has 0 aromatic heterocycles. The first kappa shape index (κ1) is 29.8. The maximum atomic E-state index is 13.4. The van der Waals surface area contributed by atoms with Crippen LogP contribution < -0.4 is 5.32 Å². The number of aliphatic hydroxyl groups excluding tert-OH is 1. The number of hydrogen-bond donors (Lipinski definition) is 3. The number of nitrogens with one attached hydrogen (secondary N) is 1. The zero-order chi connectivity index (χ0) is 29.9. The van der Waals surface area contributed by atoms with Gasteiger partial charge in [-0.05, 0) is 48.2 Å². The van der Waals surface area contributed by atoms with E-state index in [0.29, 0.717) is 30.5 Å². The monoisotopic (exact) mass is 594 g/mol. The highest BCUT2D eigenvalue weighted by Gasteiger charge is 2.71. The van der Waals surface area contributed by atoms with Gasteiger partial charge in [0.05, 0.1) is 22.7 Å². The van der Waals surface area contributed by atoms with Crippen molar-refractivity contribution in [3.8, 4) is 0 Å². The second-order valence-electron chi connectivity index (χ2n) is 9.81. The minimum atomic E-state index is -6.08. The molecule has 1 fully saturated rings. The van der Waals surface area contributed by atoms with Crippen LogP contribution in [0, 0.1) is 5.41 Å². The molecule has 8 nitrogen and oxygen atoms in total. The molecule has 0 radical (unpaired) electrons. The summed E-state index contributed by atoms with van der Waals surface area (Å²) < 4.78 is 104. The summed E-state index contributed by atoms with van der Waals surface area (Å²) in [5.41, 5.74) is -7.36. The summed E-state index contributed by atoms with van der Waals surface area (Å²) in [6.45, 7) is 0.803. The Morgan fingerprint density at radius 2 is 1.60 bits per heavy atom. The van der Waals surface area contributed by atoms with E-state index in [9.17, 15) is 54.6 Å². The maximum Gasteiger partial charge on any atom is 0.430 e. The lowest BCUT2D eigenvalue weighted by Gasteiger charge is -2.32. The van der Waals surface area contributed by atoms with E-state index < -0.39 is 63.2 Å². The van der Waals surface area contributed by atoms with Crippen LogP contribution in [0.3, 0.4) is 0 Å². The van der Waals surface area contributed by atoms with Crippen LogP contribution in [-0.4, -0.2) is 60.1 Å². The average molecular weight is 595 g/mol. The van der Waals surface area contributed by atoms with E-state index in [1.54, 1.807) is 0 Å². The van der Waals surface area contributed by atoms with Crippen molar-refractivity contribution < 1.29 is 54.6 Å². The van der Waals surface area contributed by atoms with Gasteiger partial charge in [0, 0.05) is 17.8 Å². The topological polar surface area (TPSA) is 124 Å². The van der Waals surface area contributed by atoms with Crippen molar-refractivity contribution in [2.24, 2.45) is 5.41 Å². The van der Waals surface area contributed by atoms with Gasteiger partial charge >= 0.3 is 12.4 Å². The van der Waals surface area contributed by atoms with Crippen molar-refractivity contribution in [3.63, 3.8) is 0 Å². The Hall–Kier alpha value is -3.17. The highest BCUT2D eigenvalue weighted by atomic mass is 32.2. The van der Waals surface area contributed by atoms with E-state index >= 15 is 0 Å². The highest BCUT2D eigenvalue weighted by Crippen LogP contribution is 2.51. The van der Waals surface area contributed by atoms with Gasteiger partial charge in [-0.1, -0.05) is 25.1 Å². The predicted molar refractivity (Wildman–Crippen MR) is 127 cm³/mol. The number of amides is 2. The van der Waals surface area contributed by atoms with Gasteiger partial charge in [-0.15, -0.1) is 0 Å². The molecule has 218 valence electrons. The molecular weight excluding hydrogens is 570 g/mol. The zero-order valence-corrected chi connectivity index (χ0v) is 21.6. The van der Waals surface area contributed by atoms with Gasteiger partial charge in [0.25, 0.3) is 11.5 Å². The first-order valence-corrected chi connectivity index (χ1v) is 13.6. The van der Waals surface area contributed by atoms with Crippen molar-refractivity contribution in [1.82, 2.24) is 4.90 Å². The molecule has 15 heteroatoms. The number of carbonyl (C=O) groups excluding carboxylic acids is 2. The molecule has 0 spiro atoms. The second kappa shape index (κ2) is 9.73. The number of anilines is 1. The normalized spacial score (nSPS) is 18.8. The number of aliphatic hydroxyl groups is 2. The molecule has 1 atom stereocenters. The number of hydrogen-bond acceptors (Lipinski definition) is 6. The predicted octanol–water partition coefficient (Wildman–Crippen LogP) is 3.59. The number of halogens is 6. The van der Waals surface area contributed by atoms with E-state index in [1.807, 2.05) is 0 Å². The highest BCUT2D eigenvalue weighted by molar-refractivity contribution is 7.91. The lowest BCUT2D eigenvalue weighted by atomic mass is 9.92. The summed E-state index contributed by atoms with van der Waals surface area (Å²) in [7, 11) is -3.63. The van der Waals surface area contributed by atoms with Gasteiger partial charge in [0.15, 0.2) is 9.84 Å². The van der Waals surface area contributed by atoms with Gasteiger partial charge in [-0.25, -0.2) is 8.42 Å². The number of alkyl halides is 6. The first-order valence-electron chi connectivity index (χ1n) is 12.0. The summed E-state index contributed by atoms with van der Waals surface area (Å²) in [6.07, 6.45) is -11.4. The number of benzene rings is 2. The van der Waals surface area contributed by atoms with E-state index in [0.717, 1.165) is 17.0 Å². The summed E-state index contributed by atoms with van der Waals surface area (Å²) in [6, 6.07) is 4.87. The summed E-state index contributed by atoms with van der Waals surface area (Å²) in [5, 5.41) is 21.7. The van der Waals surface area contributed by atoms with Crippen molar-refractivity contribution >= 4 is 27.3 Å². The van der Waals surface area contributed by atoms with Crippen LogP contribution in [0.25, 0.3) is 0 Å². The first-order chi connectivity index (χ1) is 18.4. The summed E-state index contributed by atoms with van der Waals surface area (Å²) in [4.78, 5) is 27.8. The molecule has 4 rings (SSSR count). The number of sulfone groups is 1. The van der Waals surface area contributed by atoms with Crippen LogP contribution >= 0.6 is 0 Å². The third-order valence-electron chi connectivity index (χ3n) is 7.31. The maximum absolute atomic E-state index is 13.4. The minimum absolute atomic E-state index is 0.0251. The van der Waals surface area contributed by atoms with E-state index in [1.165, 1.54) is 25.1 Å². The second-order valence-corrected chi connectivity index (χ2v) is 12.1. The van der Waals surface area contributed by atoms with E-state index in [2.05, 4.69) is 5.32 Å². The lowest BCUT2D eigenvalue weighted by Crippen LogP contribution is -2.53. The Bertz CT molecular complexity index is 1420. The van der Waals surface area contributed by atoms with Crippen molar-refractivity contribution in [2.45, 2.75) is 55.2 Å². The van der Waals surface area contributed by atoms with Gasteiger partial charge in [-0.2, -0.15) is 26.3 Å². The lowest BCUT2D eigenvalue weighted by molar-refractivity contribution is -0.376. The van der Waals surface area contributed by atoms with Crippen LogP contribution in [0.4, 0.5) is 32.0 Å². The smallest absolute Gasteiger partial charge is 0.395 e. The van der Waals surface area contributed by atoms with Gasteiger partial charge in [-0.3, -0.25) is 9.59 Å². The SMILES string of the molecule is CCS(=O)(=O)c1ccc2c(c1)CN(C(=O)C1(CO)CC1)C2C(=O)Nc1ccc(C(O)(C(F)(F)F)C(F)(F)F)cc1. The molecule has 1 saturated carbocycles. The Morgan fingerprint density at radius 3 is 2.08 bits per heavy atom. The van der Waals surface area contributed by atoms with Crippen molar-refractivity contribution in [2.75, 3.05) is 17.7 Å². The van der Waals surface area contributed by atoms with Gasteiger partial charge < -0.3 is 20.4 Å². The summed E-state index contributed by atoms with van der Waals surface area (Å²) >= 11 is 0. The molecule has 2 amide bonds. The molecular formula is C25H24F6N2O6S. The largest absolute Gasteiger partial charge is 0.430 e. The standard InChI is InChI=1S/C25H24F6N2O6S/c1-2-40(38,39)17-7-8-18-14(11-17)12-33(21(36)22(13-34)9-10-22)19(18)20(35)32-16-5-3-15(4-6-16)23(37,24(26,27)28)25(29,30)31/h3-8,11,19,34,37H,2,9-10,12-13H2,1H3,(H,32,35). The molecule has 1 aliphatic heterocycles. The molecule has 0 bridgehead atoms. The minimum Gasteiger partial charge on any atom is -0.395 e. The molecule has 1 aliphatic carbocycles. The molecule has 3 N–H and O–H groups in total. The summed E-state index contributed by atoms with van der Waals surface area (Å²) in [5.74, 6) is -1.62. The third kappa shape index (κ3) is 4.83. The number of rotatable bonds is 7. The zero-order valence-electron chi connectivity index (χ0n) is 20.8. The van der Waals surface area contributed by atoms with Crippen LogP contribution in [0.5, 0.6) is 0 Å². The van der Waals surface area contributed by atoms with Crippen LogP contribution in [0.15, 0.2) is 47.4 Å². The van der Waals surface area contributed by atoms with Crippen molar-refractivity contribution in [1.29, 1.82) is 0 Å². The fourth-order valence-electron chi connectivity index (χ4n) is 4.65. The van der Waals surface area contributed by atoms with E-state index in [4.69, 9.17) is 0 Å². The van der Waals surface area contributed by atoms with Gasteiger partial charge in [0.2, 0.25) is 5.91 Å². The molecule has 40 heavy (non-hydrogen) atoms. The van der Waals surface area contributed by atoms with Crippen molar-refractivity contribution in [3.05, 3.63) is 59.2 Å². The Labute approximate surface area is 224 Å². The average Bonchev–Trinajstić information content (AvgIpc) is 3.59.